The van der Waals surface area contributed by atoms with E-state index in [1.807, 2.05) is 0 Å². The minimum atomic E-state index is 0.602. The Labute approximate surface area is 70.3 Å². The lowest BCUT2D eigenvalue weighted by molar-refractivity contribution is 0.155. The average Bonchev–Trinajstić information content (AvgIpc) is 1.87. The van der Waals surface area contributed by atoms with Gasteiger partial charge in [-0.2, -0.15) is 0 Å². The third kappa shape index (κ3) is 7.82. The van der Waals surface area contributed by atoms with Gasteiger partial charge in [0.2, 0.25) is 0 Å². The van der Waals surface area contributed by atoms with Crippen LogP contribution in [0.15, 0.2) is 0 Å². The maximum absolute atomic E-state index is 5.03. The van der Waals surface area contributed by atoms with E-state index in [1.165, 1.54) is 6.42 Å². The quantitative estimate of drug-likeness (QED) is 0.636. The molecule has 0 aliphatic rings. The Hall–Kier alpha value is -0.0800. The Balaban J connectivity index is 3.10. The lowest BCUT2D eigenvalue weighted by Crippen LogP contribution is -2.25. The fraction of sp³-hybridized carbons (Fsp3) is 1.00. The summed E-state index contributed by atoms with van der Waals surface area (Å²) in [5.41, 5.74) is 0. The van der Waals surface area contributed by atoms with Gasteiger partial charge in [0.25, 0.3) is 0 Å². The molecule has 0 radical (unpaired) electrons. The summed E-state index contributed by atoms with van der Waals surface area (Å²) in [6.07, 6.45) is 1.20. The monoisotopic (exact) mass is 159 g/mol. The second kappa shape index (κ2) is 6.62. The van der Waals surface area contributed by atoms with Crippen LogP contribution in [0.2, 0.25) is 0 Å². The smallest absolute Gasteiger partial charge is 0.0488 e. The molecule has 0 aromatic heterocycles. The highest BCUT2D eigenvalue weighted by atomic mass is 16.5. The molecule has 2 heteroatoms. The van der Waals surface area contributed by atoms with E-state index in [4.69, 9.17) is 4.74 Å². The molecule has 1 atom stereocenters. The Bertz CT molecular complexity index is 83.6. The molecule has 0 fully saturated rings. The normalized spacial score (nSPS) is 13.9. The lowest BCUT2D eigenvalue weighted by atomic mass is 10.1. The molecule has 0 spiro atoms. The number of methoxy groups -OCH3 is 1. The standard InChI is InChI=1S/C9H21NO/c1-8(2)10-6-5-9(3)7-11-4/h8-10H,5-7H2,1-4H3. The molecule has 0 rings (SSSR count). The fourth-order valence-corrected chi connectivity index (χ4v) is 0.986. The summed E-state index contributed by atoms with van der Waals surface area (Å²) >= 11 is 0. The molecule has 0 amide bonds. The predicted molar refractivity (Wildman–Crippen MR) is 48.8 cm³/mol. The van der Waals surface area contributed by atoms with E-state index in [2.05, 4.69) is 26.1 Å². The van der Waals surface area contributed by atoms with Gasteiger partial charge in [0.05, 0.1) is 0 Å². The van der Waals surface area contributed by atoms with Crippen LogP contribution in [0.4, 0.5) is 0 Å². The first kappa shape index (κ1) is 10.9. The molecule has 0 aromatic rings. The van der Waals surface area contributed by atoms with E-state index < -0.39 is 0 Å². The molecular weight excluding hydrogens is 138 g/mol. The first-order valence-corrected chi connectivity index (χ1v) is 4.39. The molecule has 1 unspecified atom stereocenters. The third-order valence-electron chi connectivity index (χ3n) is 1.64. The largest absolute Gasteiger partial charge is 0.384 e. The molecule has 0 saturated heterocycles. The number of ether oxygens (including phenoxy) is 1. The minimum Gasteiger partial charge on any atom is -0.384 e. The highest BCUT2D eigenvalue weighted by molar-refractivity contribution is 4.57. The maximum atomic E-state index is 5.03. The van der Waals surface area contributed by atoms with Crippen LogP contribution in [0.3, 0.4) is 0 Å². The zero-order valence-electron chi connectivity index (χ0n) is 8.18. The van der Waals surface area contributed by atoms with E-state index in [0.29, 0.717) is 12.0 Å². The fourth-order valence-electron chi connectivity index (χ4n) is 0.986. The molecule has 0 aliphatic heterocycles. The van der Waals surface area contributed by atoms with Crippen LogP contribution in [-0.4, -0.2) is 26.3 Å². The molecule has 2 nitrogen and oxygen atoms in total. The first-order valence-electron chi connectivity index (χ1n) is 4.39. The second-order valence-corrected chi connectivity index (χ2v) is 3.46. The molecule has 0 saturated carbocycles. The molecule has 68 valence electrons. The molecule has 1 N–H and O–H groups in total. The summed E-state index contributed by atoms with van der Waals surface area (Å²) in [5, 5.41) is 3.38. The minimum absolute atomic E-state index is 0.602. The van der Waals surface area contributed by atoms with E-state index >= 15 is 0 Å². The average molecular weight is 159 g/mol. The number of rotatable bonds is 6. The Morgan fingerprint density at radius 1 is 1.27 bits per heavy atom. The molecule has 11 heavy (non-hydrogen) atoms. The molecule has 0 aliphatic carbocycles. The van der Waals surface area contributed by atoms with E-state index in [-0.39, 0.29) is 0 Å². The van der Waals surface area contributed by atoms with Gasteiger partial charge in [0, 0.05) is 19.8 Å². The topological polar surface area (TPSA) is 21.3 Å². The van der Waals surface area contributed by atoms with Crippen LogP contribution in [-0.2, 0) is 4.74 Å². The van der Waals surface area contributed by atoms with Crippen LogP contribution in [0.1, 0.15) is 27.2 Å². The van der Waals surface area contributed by atoms with Crippen molar-refractivity contribution >= 4 is 0 Å². The summed E-state index contributed by atoms with van der Waals surface area (Å²) < 4.78 is 5.03. The second-order valence-electron chi connectivity index (χ2n) is 3.46. The zero-order chi connectivity index (χ0) is 8.69. The van der Waals surface area contributed by atoms with E-state index in [1.54, 1.807) is 7.11 Å². The summed E-state index contributed by atoms with van der Waals surface area (Å²) in [5.74, 6) is 0.672. The van der Waals surface area contributed by atoms with Crippen molar-refractivity contribution in [2.24, 2.45) is 5.92 Å². The van der Waals surface area contributed by atoms with Crippen LogP contribution in [0, 0.1) is 5.92 Å². The summed E-state index contributed by atoms with van der Waals surface area (Å²) in [6, 6.07) is 0.602. The van der Waals surface area contributed by atoms with Crippen LogP contribution >= 0.6 is 0 Å². The molecule has 0 bridgehead atoms. The van der Waals surface area contributed by atoms with Crippen molar-refractivity contribution in [1.82, 2.24) is 5.32 Å². The van der Waals surface area contributed by atoms with E-state index in [9.17, 15) is 0 Å². The van der Waals surface area contributed by atoms with Crippen molar-refractivity contribution in [3.05, 3.63) is 0 Å². The van der Waals surface area contributed by atoms with Gasteiger partial charge >= 0.3 is 0 Å². The summed E-state index contributed by atoms with van der Waals surface area (Å²) in [4.78, 5) is 0. The van der Waals surface area contributed by atoms with Crippen LogP contribution in [0.25, 0.3) is 0 Å². The van der Waals surface area contributed by atoms with Crippen molar-refractivity contribution < 1.29 is 4.74 Å². The van der Waals surface area contributed by atoms with Crippen molar-refractivity contribution in [1.29, 1.82) is 0 Å². The van der Waals surface area contributed by atoms with Crippen LogP contribution in [0.5, 0.6) is 0 Å². The third-order valence-corrected chi connectivity index (χ3v) is 1.64. The highest BCUT2D eigenvalue weighted by Gasteiger charge is 2.00. The lowest BCUT2D eigenvalue weighted by Gasteiger charge is -2.12. The van der Waals surface area contributed by atoms with Gasteiger partial charge in [-0.1, -0.05) is 20.8 Å². The Kier molecular flexibility index (Phi) is 6.57. The number of hydrogen-bond donors (Lipinski definition) is 1. The first-order chi connectivity index (χ1) is 5.16. The SMILES string of the molecule is COCC(C)CCNC(C)C. The van der Waals surface area contributed by atoms with Gasteiger partial charge in [-0.25, -0.2) is 0 Å². The van der Waals surface area contributed by atoms with Gasteiger partial charge in [0.15, 0.2) is 0 Å². The molecule has 0 aromatic carbocycles. The summed E-state index contributed by atoms with van der Waals surface area (Å²) in [6.45, 7) is 8.52. The van der Waals surface area contributed by atoms with Crippen molar-refractivity contribution in [2.75, 3.05) is 20.3 Å². The van der Waals surface area contributed by atoms with Crippen LogP contribution < -0.4 is 5.32 Å². The predicted octanol–water partition coefficient (Wildman–Crippen LogP) is 1.66. The van der Waals surface area contributed by atoms with Gasteiger partial charge in [-0.15, -0.1) is 0 Å². The maximum Gasteiger partial charge on any atom is 0.0488 e. The zero-order valence-corrected chi connectivity index (χ0v) is 8.18. The van der Waals surface area contributed by atoms with Crippen molar-refractivity contribution in [3.63, 3.8) is 0 Å². The van der Waals surface area contributed by atoms with Gasteiger partial charge in [-0.3, -0.25) is 0 Å². The number of nitrogens with one attached hydrogen (secondary N) is 1. The Morgan fingerprint density at radius 2 is 1.91 bits per heavy atom. The number of hydrogen-bond acceptors (Lipinski definition) is 2. The summed E-state index contributed by atoms with van der Waals surface area (Å²) in [7, 11) is 1.76. The molecule has 0 heterocycles. The van der Waals surface area contributed by atoms with Crippen molar-refractivity contribution in [3.8, 4) is 0 Å². The van der Waals surface area contributed by atoms with Gasteiger partial charge in [0.1, 0.15) is 0 Å². The molecular formula is C9H21NO. The highest BCUT2D eigenvalue weighted by Crippen LogP contribution is 1.99. The van der Waals surface area contributed by atoms with Gasteiger partial charge in [-0.05, 0) is 18.9 Å². The van der Waals surface area contributed by atoms with Crippen molar-refractivity contribution in [2.45, 2.75) is 33.2 Å². The van der Waals surface area contributed by atoms with E-state index in [0.717, 1.165) is 13.2 Å². The Morgan fingerprint density at radius 3 is 2.36 bits per heavy atom. The van der Waals surface area contributed by atoms with Gasteiger partial charge < -0.3 is 10.1 Å².